The Morgan fingerprint density at radius 2 is 1.67 bits per heavy atom. The summed E-state index contributed by atoms with van der Waals surface area (Å²) >= 11 is 1.29. The van der Waals surface area contributed by atoms with E-state index in [1.807, 2.05) is 62.4 Å². The van der Waals surface area contributed by atoms with Crippen LogP contribution in [-0.4, -0.2) is 35.0 Å². The number of hydrogen-bond acceptors (Lipinski definition) is 7. The number of amides is 1. The topological polar surface area (TPSA) is 89.0 Å². The number of rotatable bonds is 7. The second-order valence-corrected chi connectivity index (χ2v) is 9.11. The number of fused-ring (bicyclic) bond motifs is 1. The molecule has 1 N–H and O–H groups in total. The van der Waals surface area contributed by atoms with Crippen LogP contribution in [0, 0.1) is 0 Å². The standard InChI is InChI=1S/C28H24N2O5S/c1-3-34-19-12-8-11-18(15-19)25(31)23-24(17-9-6-5-7-10-17)30(27(33)26(23)32)28-29-21-14-13-20(35-4-2)16-22(21)36-28/h5-16,24,31H,3-4H2,1-2H3/b25-23+. The number of Topliss-reactive ketones (excluding diaryl/α,β-unsaturated/α-hetero) is 1. The predicted molar refractivity (Wildman–Crippen MR) is 140 cm³/mol. The van der Waals surface area contributed by atoms with E-state index >= 15 is 0 Å². The number of ether oxygens (including phenoxy) is 2. The van der Waals surface area contributed by atoms with Crippen molar-refractivity contribution < 1.29 is 24.2 Å². The van der Waals surface area contributed by atoms with E-state index in [1.165, 1.54) is 16.2 Å². The third kappa shape index (κ3) is 4.20. The monoisotopic (exact) mass is 500 g/mol. The number of benzene rings is 3. The van der Waals surface area contributed by atoms with E-state index in [-0.39, 0.29) is 11.3 Å². The SMILES string of the molecule is CCOc1cccc(/C(O)=C2\C(=O)C(=O)N(c3nc4ccc(OCC)cc4s3)C2c2ccccc2)c1. The number of aromatic nitrogens is 1. The summed E-state index contributed by atoms with van der Waals surface area (Å²) in [7, 11) is 0. The molecule has 1 amide bonds. The van der Waals surface area contributed by atoms with Crippen LogP contribution in [-0.2, 0) is 9.59 Å². The molecule has 4 aromatic rings. The summed E-state index contributed by atoms with van der Waals surface area (Å²) < 4.78 is 12.0. The highest BCUT2D eigenvalue weighted by atomic mass is 32.1. The summed E-state index contributed by atoms with van der Waals surface area (Å²) in [5.41, 5.74) is 1.78. The van der Waals surface area contributed by atoms with Gasteiger partial charge in [0.25, 0.3) is 5.78 Å². The van der Waals surface area contributed by atoms with Gasteiger partial charge in [-0.3, -0.25) is 14.5 Å². The quantitative estimate of drug-likeness (QED) is 0.198. The van der Waals surface area contributed by atoms with Crippen LogP contribution in [0.2, 0.25) is 0 Å². The molecule has 1 atom stereocenters. The average molecular weight is 501 g/mol. The average Bonchev–Trinajstić information content (AvgIpc) is 3.42. The summed E-state index contributed by atoms with van der Waals surface area (Å²) in [6.07, 6.45) is 0. The Kier molecular flexibility index (Phi) is 6.43. The van der Waals surface area contributed by atoms with Crippen molar-refractivity contribution in [3.05, 3.63) is 89.5 Å². The van der Waals surface area contributed by atoms with Gasteiger partial charge in [0.15, 0.2) is 5.13 Å². The molecule has 0 radical (unpaired) electrons. The van der Waals surface area contributed by atoms with E-state index < -0.39 is 17.7 Å². The fraction of sp³-hybridized carbons (Fsp3) is 0.179. The zero-order valence-corrected chi connectivity index (χ0v) is 20.6. The van der Waals surface area contributed by atoms with Gasteiger partial charge in [-0.1, -0.05) is 53.8 Å². The van der Waals surface area contributed by atoms with Gasteiger partial charge in [-0.05, 0) is 49.7 Å². The molecule has 0 bridgehead atoms. The molecule has 0 saturated carbocycles. The van der Waals surface area contributed by atoms with Crippen molar-refractivity contribution in [1.82, 2.24) is 4.98 Å². The van der Waals surface area contributed by atoms with Gasteiger partial charge < -0.3 is 14.6 Å². The summed E-state index contributed by atoms with van der Waals surface area (Å²) in [6, 6.07) is 20.7. The number of hydrogen-bond donors (Lipinski definition) is 1. The van der Waals surface area contributed by atoms with Gasteiger partial charge >= 0.3 is 5.91 Å². The van der Waals surface area contributed by atoms with E-state index in [1.54, 1.807) is 24.3 Å². The van der Waals surface area contributed by atoms with Gasteiger partial charge in [0.05, 0.1) is 35.0 Å². The van der Waals surface area contributed by atoms with E-state index in [4.69, 9.17) is 9.47 Å². The minimum Gasteiger partial charge on any atom is -0.507 e. The molecule has 1 aliphatic rings. The summed E-state index contributed by atoms with van der Waals surface area (Å²) in [5.74, 6) is -0.502. The zero-order valence-electron chi connectivity index (χ0n) is 19.8. The number of carbonyl (C=O) groups excluding carboxylic acids is 2. The number of anilines is 1. The number of nitrogens with zero attached hydrogens (tertiary/aromatic N) is 2. The molecule has 0 spiro atoms. The maximum atomic E-state index is 13.4. The van der Waals surface area contributed by atoms with Crippen molar-refractivity contribution in [2.24, 2.45) is 0 Å². The fourth-order valence-corrected chi connectivity index (χ4v) is 5.31. The van der Waals surface area contributed by atoms with Gasteiger partial charge in [0, 0.05) is 5.56 Å². The Morgan fingerprint density at radius 1 is 0.944 bits per heavy atom. The molecule has 1 aromatic heterocycles. The van der Waals surface area contributed by atoms with Crippen LogP contribution in [0.1, 0.15) is 31.0 Å². The van der Waals surface area contributed by atoms with Crippen molar-refractivity contribution in [3.8, 4) is 11.5 Å². The maximum Gasteiger partial charge on any atom is 0.301 e. The largest absolute Gasteiger partial charge is 0.507 e. The molecule has 1 aliphatic heterocycles. The van der Waals surface area contributed by atoms with E-state index in [2.05, 4.69) is 4.98 Å². The van der Waals surface area contributed by atoms with Crippen LogP contribution >= 0.6 is 11.3 Å². The second-order valence-electron chi connectivity index (χ2n) is 8.10. The number of ketones is 1. The summed E-state index contributed by atoms with van der Waals surface area (Å²) in [6.45, 7) is 4.76. The Labute approximate surface area is 212 Å². The van der Waals surface area contributed by atoms with E-state index in [0.29, 0.717) is 46.5 Å². The first-order valence-electron chi connectivity index (χ1n) is 11.6. The molecule has 182 valence electrons. The normalized spacial score (nSPS) is 17.1. The summed E-state index contributed by atoms with van der Waals surface area (Å²) in [4.78, 5) is 32.8. The minimum atomic E-state index is -0.839. The molecule has 7 nitrogen and oxygen atoms in total. The molecule has 3 aromatic carbocycles. The maximum absolute atomic E-state index is 13.4. The molecule has 1 unspecified atom stereocenters. The van der Waals surface area contributed by atoms with E-state index in [9.17, 15) is 14.7 Å². The van der Waals surface area contributed by atoms with Crippen LogP contribution in [0.15, 0.2) is 78.4 Å². The predicted octanol–water partition coefficient (Wildman–Crippen LogP) is 5.72. The first-order chi connectivity index (χ1) is 17.5. The van der Waals surface area contributed by atoms with Crippen LogP contribution in [0.3, 0.4) is 0 Å². The molecule has 8 heteroatoms. The lowest BCUT2D eigenvalue weighted by Gasteiger charge is -2.23. The lowest BCUT2D eigenvalue weighted by Crippen LogP contribution is -2.29. The van der Waals surface area contributed by atoms with Gasteiger partial charge in [0.2, 0.25) is 0 Å². The van der Waals surface area contributed by atoms with Gasteiger partial charge in [0.1, 0.15) is 17.3 Å². The van der Waals surface area contributed by atoms with E-state index in [0.717, 1.165) is 4.70 Å². The fourth-order valence-electron chi connectivity index (χ4n) is 4.29. The Hall–Kier alpha value is -4.17. The van der Waals surface area contributed by atoms with Crippen molar-refractivity contribution in [1.29, 1.82) is 0 Å². The molecule has 36 heavy (non-hydrogen) atoms. The molecule has 1 saturated heterocycles. The van der Waals surface area contributed by atoms with Crippen LogP contribution in [0.25, 0.3) is 16.0 Å². The highest BCUT2D eigenvalue weighted by molar-refractivity contribution is 7.22. The molecular formula is C28H24N2O5S. The van der Waals surface area contributed by atoms with Gasteiger partial charge in [-0.2, -0.15) is 0 Å². The number of carbonyl (C=O) groups is 2. The van der Waals surface area contributed by atoms with Gasteiger partial charge in [-0.15, -0.1) is 0 Å². The number of aliphatic hydroxyl groups excluding tert-OH is 1. The molecule has 5 rings (SSSR count). The third-order valence-electron chi connectivity index (χ3n) is 5.84. The number of aliphatic hydroxyl groups is 1. The van der Waals surface area contributed by atoms with Gasteiger partial charge in [-0.25, -0.2) is 4.98 Å². The van der Waals surface area contributed by atoms with Crippen molar-refractivity contribution in [2.45, 2.75) is 19.9 Å². The third-order valence-corrected chi connectivity index (χ3v) is 6.86. The van der Waals surface area contributed by atoms with Crippen LogP contribution in [0.5, 0.6) is 11.5 Å². The molecule has 2 heterocycles. The smallest absolute Gasteiger partial charge is 0.301 e. The minimum absolute atomic E-state index is 0.00844. The lowest BCUT2D eigenvalue weighted by atomic mass is 9.95. The summed E-state index contributed by atoms with van der Waals surface area (Å²) in [5, 5.41) is 11.7. The Balaban J connectivity index is 1.67. The highest BCUT2D eigenvalue weighted by Gasteiger charge is 2.48. The Morgan fingerprint density at radius 3 is 2.39 bits per heavy atom. The lowest BCUT2D eigenvalue weighted by molar-refractivity contribution is -0.132. The second kappa shape index (κ2) is 9.83. The molecule has 1 fully saturated rings. The van der Waals surface area contributed by atoms with Crippen LogP contribution < -0.4 is 14.4 Å². The van der Waals surface area contributed by atoms with Crippen molar-refractivity contribution >= 4 is 44.1 Å². The first-order valence-corrected chi connectivity index (χ1v) is 12.5. The Bertz CT molecular complexity index is 1480. The first kappa shape index (κ1) is 23.6. The van der Waals surface area contributed by atoms with Crippen molar-refractivity contribution in [3.63, 3.8) is 0 Å². The molecular weight excluding hydrogens is 476 g/mol. The zero-order chi connectivity index (χ0) is 25.2. The number of thiazole rings is 1. The highest BCUT2D eigenvalue weighted by Crippen LogP contribution is 2.44. The van der Waals surface area contributed by atoms with Crippen molar-refractivity contribution in [2.75, 3.05) is 18.1 Å². The molecule has 0 aliphatic carbocycles. The van der Waals surface area contributed by atoms with Crippen LogP contribution in [0.4, 0.5) is 5.13 Å².